The highest BCUT2D eigenvalue weighted by Gasteiger charge is 2.32. The van der Waals surface area contributed by atoms with E-state index in [0.29, 0.717) is 22.9 Å². The van der Waals surface area contributed by atoms with Crippen molar-refractivity contribution in [2.75, 3.05) is 5.73 Å². The van der Waals surface area contributed by atoms with Gasteiger partial charge in [0.25, 0.3) is 0 Å². The first-order chi connectivity index (χ1) is 9.08. The van der Waals surface area contributed by atoms with Crippen molar-refractivity contribution in [3.05, 3.63) is 35.2 Å². The van der Waals surface area contributed by atoms with Gasteiger partial charge < -0.3 is 16.2 Å². The molecule has 0 aliphatic carbocycles. The summed E-state index contributed by atoms with van der Waals surface area (Å²) in [7, 11) is 0. The molecule has 1 aromatic rings. The van der Waals surface area contributed by atoms with Gasteiger partial charge in [-0.1, -0.05) is 32.8 Å². The summed E-state index contributed by atoms with van der Waals surface area (Å²) in [5.74, 6) is 1.21. The van der Waals surface area contributed by atoms with Gasteiger partial charge in [0.1, 0.15) is 11.8 Å². The van der Waals surface area contributed by atoms with Crippen molar-refractivity contribution in [3.8, 4) is 11.8 Å². The maximum atomic E-state index is 9.34. The SMILES string of the molecule is CCC[C@H](C)[C@@H]1C(C#N)=C(N)Oc2cc(N)ccc21. The number of nitriles is 1. The van der Waals surface area contributed by atoms with Gasteiger partial charge in [-0.3, -0.25) is 0 Å². The Kier molecular flexibility index (Phi) is 3.66. The van der Waals surface area contributed by atoms with Crippen LogP contribution in [-0.4, -0.2) is 0 Å². The molecule has 19 heavy (non-hydrogen) atoms. The van der Waals surface area contributed by atoms with E-state index in [4.69, 9.17) is 16.2 Å². The number of hydrogen-bond acceptors (Lipinski definition) is 4. The number of fused-ring (bicyclic) bond motifs is 1. The zero-order valence-corrected chi connectivity index (χ0v) is 11.3. The van der Waals surface area contributed by atoms with E-state index in [1.54, 1.807) is 6.07 Å². The highest BCUT2D eigenvalue weighted by Crippen LogP contribution is 2.43. The molecule has 1 heterocycles. The summed E-state index contributed by atoms with van der Waals surface area (Å²) in [4.78, 5) is 0. The Bertz CT molecular complexity index is 557. The van der Waals surface area contributed by atoms with Crippen molar-refractivity contribution in [2.24, 2.45) is 11.7 Å². The topological polar surface area (TPSA) is 85.1 Å². The molecule has 0 aromatic heterocycles. The summed E-state index contributed by atoms with van der Waals surface area (Å²) in [6.45, 7) is 4.28. The molecule has 100 valence electrons. The minimum atomic E-state index is -0.00528. The minimum absolute atomic E-state index is 0.00528. The first-order valence-electron chi connectivity index (χ1n) is 6.55. The lowest BCUT2D eigenvalue weighted by Crippen LogP contribution is -2.24. The van der Waals surface area contributed by atoms with Gasteiger partial charge in [-0.15, -0.1) is 0 Å². The van der Waals surface area contributed by atoms with Gasteiger partial charge in [-0.2, -0.15) is 5.26 Å². The molecule has 4 heteroatoms. The monoisotopic (exact) mass is 257 g/mol. The zero-order valence-electron chi connectivity index (χ0n) is 11.3. The molecule has 2 atom stereocenters. The Morgan fingerprint density at radius 1 is 1.42 bits per heavy atom. The smallest absolute Gasteiger partial charge is 0.205 e. The number of nitrogens with zero attached hydrogens (tertiary/aromatic N) is 1. The summed E-state index contributed by atoms with van der Waals surface area (Å²) >= 11 is 0. The second-order valence-electron chi connectivity index (χ2n) is 5.03. The van der Waals surface area contributed by atoms with Crippen molar-refractivity contribution in [2.45, 2.75) is 32.6 Å². The molecule has 0 bridgehead atoms. The summed E-state index contributed by atoms with van der Waals surface area (Å²) in [6, 6.07) is 7.74. The highest BCUT2D eigenvalue weighted by molar-refractivity contribution is 5.56. The van der Waals surface area contributed by atoms with E-state index in [9.17, 15) is 5.26 Å². The normalized spacial score (nSPS) is 19.3. The summed E-state index contributed by atoms with van der Waals surface area (Å²) < 4.78 is 5.53. The molecule has 4 nitrogen and oxygen atoms in total. The number of nitrogens with two attached hydrogens (primary N) is 2. The molecule has 0 saturated heterocycles. The molecule has 1 aliphatic rings. The van der Waals surface area contributed by atoms with Crippen LogP contribution in [0.3, 0.4) is 0 Å². The molecule has 0 amide bonds. The molecule has 4 N–H and O–H groups in total. The Balaban J connectivity index is 2.52. The predicted molar refractivity (Wildman–Crippen MR) is 75.1 cm³/mol. The fourth-order valence-electron chi connectivity index (χ4n) is 2.72. The molecule has 0 spiro atoms. The van der Waals surface area contributed by atoms with Crippen LogP contribution in [-0.2, 0) is 0 Å². The lowest BCUT2D eigenvalue weighted by atomic mass is 9.78. The number of benzene rings is 1. The van der Waals surface area contributed by atoms with Crippen molar-refractivity contribution in [3.63, 3.8) is 0 Å². The first-order valence-corrected chi connectivity index (χ1v) is 6.55. The predicted octanol–water partition coefficient (Wildman–Crippen LogP) is 2.87. The maximum absolute atomic E-state index is 9.34. The van der Waals surface area contributed by atoms with E-state index >= 15 is 0 Å². The second-order valence-corrected chi connectivity index (χ2v) is 5.03. The molecule has 0 unspecified atom stereocenters. The van der Waals surface area contributed by atoms with Gasteiger partial charge in [0, 0.05) is 23.2 Å². The van der Waals surface area contributed by atoms with E-state index < -0.39 is 0 Å². The van der Waals surface area contributed by atoms with Crippen LogP contribution in [0.4, 0.5) is 5.69 Å². The number of ether oxygens (including phenoxy) is 1. The quantitative estimate of drug-likeness (QED) is 0.815. The lowest BCUT2D eigenvalue weighted by Gasteiger charge is -2.30. The summed E-state index contributed by atoms with van der Waals surface area (Å²) in [5.41, 5.74) is 13.8. The average molecular weight is 257 g/mol. The van der Waals surface area contributed by atoms with Crippen molar-refractivity contribution in [1.29, 1.82) is 5.26 Å². The molecule has 1 aromatic carbocycles. The van der Waals surface area contributed by atoms with Gasteiger partial charge >= 0.3 is 0 Å². The van der Waals surface area contributed by atoms with Gasteiger partial charge in [0.05, 0.1) is 5.57 Å². The van der Waals surface area contributed by atoms with Crippen LogP contribution in [0.25, 0.3) is 0 Å². The Hall–Kier alpha value is -2.15. The molecule has 0 radical (unpaired) electrons. The van der Waals surface area contributed by atoms with Crippen LogP contribution >= 0.6 is 0 Å². The number of allylic oxidation sites excluding steroid dienone is 1. The standard InChI is InChI=1S/C15H19N3O/c1-3-4-9(2)14-11-6-5-10(17)7-13(11)19-15(18)12(14)8-16/h5-7,9,14H,3-4,17-18H2,1-2H3/t9-,14-/m0/s1. The van der Waals surface area contributed by atoms with Crippen LogP contribution < -0.4 is 16.2 Å². The van der Waals surface area contributed by atoms with Gasteiger partial charge in [0.2, 0.25) is 5.88 Å². The number of nitrogen functional groups attached to an aromatic ring is 1. The fourth-order valence-corrected chi connectivity index (χ4v) is 2.72. The van der Waals surface area contributed by atoms with E-state index in [-0.39, 0.29) is 11.8 Å². The van der Waals surface area contributed by atoms with Gasteiger partial charge in [-0.05, 0) is 12.0 Å². The summed E-state index contributed by atoms with van der Waals surface area (Å²) in [5, 5.41) is 9.34. The van der Waals surface area contributed by atoms with Crippen molar-refractivity contribution in [1.82, 2.24) is 0 Å². The Labute approximate surface area is 113 Å². The molecular formula is C15H19N3O. The highest BCUT2D eigenvalue weighted by atomic mass is 16.5. The zero-order chi connectivity index (χ0) is 14.0. The largest absolute Gasteiger partial charge is 0.440 e. The summed E-state index contributed by atoms with van der Waals surface area (Å²) in [6.07, 6.45) is 2.11. The van der Waals surface area contributed by atoms with Crippen LogP contribution in [0, 0.1) is 17.2 Å². The van der Waals surface area contributed by atoms with Crippen LogP contribution in [0.15, 0.2) is 29.7 Å². The fraction of sp³-hybridized carbons (Fsp3) is 0.400. The number of rotatable bonds is 3. The van der Waals surface area contributed by atoms with E-state index in [1.165, 1.54) is 0 Å². The van der Waals surface area contributed by atoms with Crippen LogP contribution in [0.5, 0.6) is 5.75 Å². The van der Waals surface area contributed by atoms with Gasteiger partial charge in [-0.25, -0.2) is 0 Å². The lowest BCUT2D eigenvalue weighted by molar-refractivity contribution is 0.359. The molecule has 0 fully saturated rings. The average Bonchev–Trinajstić information content (AvgIpc) is 2.37. The van der Waals surface area contributed by atoms with Crippen LogP contribution in [0.1, 0.15) is 38.2 Å². The molecule has 2 rings (SSSR count). The maximum Gasteiger partial charge on any atom is 0.205 e. The Morgan fingerprint density at radius 2 is 2.16 bits per heavy atom. The van der Waals surface area contributed by atoms with E-state index in [2.05, 4.69) is 19.9 Å². The Morgan fingerprint density at radius 3 is 2.79 bits per heavy atom. The second kappa shape index (κ2) is 5.23. The van der Waals surface area contributed by atoms with Crippen molar-refractivity contribution < 1.29 is 4.74 Å². The number of anilines is 1. The third-order valence-electron chi connectivity index (χ3n) is 3.60. The molecular weight excluding hydrogens is 238 g/mol. The third kappa shape index (κ3) is 2.37. The third-order valence-corrected chi connectivity index (χ3v) is 3.60. The van der Waals surface area contributed by atoms with E-state index in [0.717, 1.165) is 18.4 Å². The minimum Gasteiger partial charge on any atom is -0.440 e. The van der Waals surface area contributed by atoms with E-state index in [1.807, 2.05) is 12.1 Å². The van der Waals surface area contributed by atoms with Crippen LogP contribution in [0.2, 0.25) is 0 Å². The van der Waals surface area contributed by atoms with Gasteiger partial charge in [0.15, 0.2) is 0 Å². The number of hydrogen-bond donors (Lipinski definition) is 2. The first kappa shape index (κ1) is 13.3. The van der Waals surface area contributed by atoms with Crippen molar-refractivity contribution >= 4 is 5.69 Å². The molecule has 1 aliphatic heterocycles. The molecule has 0 saturated carbocycles.